The lowest BCUT2D eigenvalue weighted by molar-refractivity contribution is 1.00. The smallest absolute Gasteiger partial charge is 0.194 e. The third-order valence-corrected chi connectivity index (χ3v) is 5.25. The monoisotopic (exact) mass is 361 g/mol. The van der Waals surface area contributed by atoms with Crippen molar-refractivity contribution < 1.29 is 0 Å². The van der Waals surface area contributed by atoms with E-state index >= 15 is 0 Å². The number of aromatic amines is 1. The van der Waals surface area contributed by atoms with E-state index in [-0.39, 0.29) is 0 Å². The SMILES string of the molecule is CCc1ccccc1Sc1nc(N)c2c(-c3cc(C)[nH]n3)cccc2n1. The number of nitrogen functional groups attached to an aromatic ring is 1. The highest BCUT2D eigenvalue weighted by Crippen LogP contribution is 2.34. The van der Waals surface area contributed by atoms with Gasteiger partial charge in [-0.2, -0.15) is 5.10 Å². The first-order chi connectivity index (χ1) is 12.7. The van der Waals surface area contributed by atoms with Crippen molar-refractivity contribution in [2.75, 3.05) is 5.73 Å². The quantitative estimate of drug-likeness (QED) is 0.518. The first-order valence-corrected chi connectivity index (χ1v) is 9.31. The molecule has 2 heterocycles. The Morgan fingerprint density at radius 1 is 1.08 bits per heavy atom. The van der Waals surface area contributed by atoms with E-state index < -0.39 is 0 Å². The first-order valence-electron chi connectivity index (χ1n) is 8.50. The first kappa shape index (κ1) is 16.6. The number of aromatic nitrogens is 4. The molecule has 2 aromatic carbocycles. The van der Waals surface area contributed by atoms with Gasteiger partial charge in [0, 0.05) is 16.2 Å². The maximum atomic E-state index is 6.32. The van der Waals surface area contributed by atoms with Gasteiger partial charge in [0.15, 0.2) is 5.16 Å². The van der Waals surface area contributed by atoms with Crippen molar-refractivity contribution in [2.24, 2.45) is 0 Å². The van der Waals surface area contributed by atoms with Crippen LogP contribution in [-0.4, -0.2) is 20.2 Å². The lowest BCUT2D eigenvalue weighted by atomic mass is 10.1. The van der Waals surface area contributed by atoms with E-state index in [1.165, 1.54) is 5.56 Å². The largest absolute Gasteiger partial charge is 0.383 e. The van der Waals surface area contributed by atoms with Gasteiger partial charge in [-0.15, -0.1) is 0 Å². The fourth-order valence-corrected chi connectivity index (χ4v) is 3.97. The van der Waals surface area contributed by atoms with Gasteiger partial charge in [0.05, 0.1) is 16.6 Å². The summed E-state index contributed by atoms with van der Waals surface area (Å²) in [5.41, 5.74) is 11.2. The second-order valence-electron chi connectivity index (χ2n) is 6.09. The molecule has 0 saturated heterocycles. The van der Waals surface area contributed by atoms with Crippen molar-refractivity contribution in [3.8, 4) is 11.3 Å². The third-order valence-electron chi connectivity index (χ3n) is 4.27. The molecular weight excluding hydrogens is 342 g/mol. The topological polar surface area (TPSA) is 80.5 Å². The van der Waals surface area contributed by atoms with Crippen LogP contribution in [0.3, 0.4) is 0 Å². The number of fused-ring (bicyclic) bond motifs is 1. The molecule has 3 N–H and O–H groups in total. The molecule has 0 aliphatic heterocycles. The number of H-pyrrole nitrogens is 1. The Morgan fingerprint density at radius 2 is 1.92 bits per heavy atom. The summed E-state index contributed by atoms with van der Waals surface area (Å²) >= 11 is 1.55. The number of nitrogens with one attached hydrogen (secondary N) is 1. The minimum absolute atomic E-state index is 0.475. The molecule has 0 saturated carbocycles. The lowest BCUT2D eigenvalue weighted by Gasteiger charge is -2.10. The van der Waals surface area contributed by atoms with Gasteiger partial charge in [0.1, 0.15) is 5.82 Å². The summed E-state index contributed by atoms with van der Waals surface area (Å²) in [6, 6.07) is 16.2. The molecule has 130 valence electrons. The van der Waals surface area contributed by atoms with Crippen molar-refractivity contribution in [3.05, 3.63) is 59.8 Å². The normalized spacial score (nSPS) is 11.2. The van der Waals surface area contributed by atoms with Gasteiger partial charge >= 0.3 is 0 Å². The molecule has 0 spiro atoms. The molecule has 6 heteroatoms. The van der Waals surface area contributed by atoms with Gasteiger partial charge in [-0.1, -0.05) is 37.3 Å². The molecule has 0 unspecified atom stereocenters. The van der Waals surface area contributed by atoms with E-state index in [0.29, 0.717) is 11.0 Å². The molecular formula is C20H19N5S. The lowest BCUT2D eigenvalue weighted by Crippen LogP contribution is -1.99. The van der Waals surface area contributed by atoms with E-state index in [9.17, 15) is 0 Å². The second-order valence-corrected chi connectivity index (χ2v) is 7.10. The zero-order valence-electron chi connectivity index (χ0n) is 14.7. The summed E-state index contributed by atoms with van der Waals surface area (Å²) in [4.78, 5) is 10.5. The Kier molecular flexibility index (Phi) is 4.34. The van der Waals surface area contributed by atoms with Gasteiger partial charge in [-0.25, -0.2) is 9.97 Å². The summed E-state index contributed by atoms with van der Waals surface area (Å²) in [7, 11) is 0. The predicted octanol–water partition coefficient (Wildman–Crippen LogP) is 4.62. The van der Waals surface area contributed by atoms with Crippen molar-refractivity contribution in [1.82, 2.24) is 20.2 Å². The Balaban J connectivity index is 1.80. The Bertz CT molecular complexity index is 1090. The molecule has 0 fully saturated rings. The zero-order chi connectivity index (χ0) is 18.1. The van der Waals surface area contributed by atoms with Crippen molar-refractivity contribution >= 4 is 28.5 Å². The van der Waals surface area contributed by atoms with E-state index in [2.05, 4.69) is 40.3 Å². The maximum Gasteiger partial charge on any atom is 0.194 e. The molecule has 26 heavy (non-hydrogen) atoms. The van der Waals surface area contributed by atoms with Crippen LogP contribution in [0.5, 0.6) is 0 Å². The Hall–Kier alpha value is -2.86. The third kappa shape index (κ3) is 3.04. The van der Waals surface area contributed by atoms with Crippen LogP contribution in [0.25, 0.3) is 22.2 Å². The molecule has 2 aromatic heterocycles. The number of benzene rings is 2. The van der Waals surface area contributed by atoms with Crippen LogP contribution < -0.4 is 5.73 Å². The van der Waals surface area contributed by atoms with Crippen molar-refractivity contribution in [3.63, 3.8) is 0 Å². The van der Waals surface area contributed by atoms with Gasteiger partial charge in [-0.3, -0.25) is 5.10 Å². The van der Waals surface area contributed by atoms with E-state index in [1.54, 1.807) is 11.8 Å². The number of nitrogens with two attached hydrogens (primary N) is 1. The van der Waals surface area contributed by atoms with Crippen LogP contribution in [0.1, 0.15) is 18.2 Å². The van der Waals surface area contributed by atoms with Crippen LogP contribution in [0.2, 0.25) is 0 Å². The fraction of sp³-hybridized carbons (Fsp3) is 0.150. The Morgan fingerprint density at radius 3 is 2.69 bits per heavy atom. The summed E-state index contributed by atoms with van der Waals surface area (Å²) < 4.78 is 0. The highest BCUT2D eigenvalue weighted by Gasteiger charge is 2.14. The molecule has 0 radical (unpaired) electrons. The minimum Gasteiger partial charge on any atom is -0.383 e. The molecule has 5 nitrogen and oxygen atoms in total. The number of aryl methyl sites for hydroxylation is 2. The fourth-order valence-electron chi connectivity index (χ4n) is 3.00. The number of hydrogen-bond acceptors (Lipinski definition) is 5. The molecule has 0 bridgehead atoms. The summed E-state index contributed by atoms with van der Waals surface area (Å²) in [6.45, 7) is 4.12. The van der Waals surface area contributed by atoms with Crippen molar-refractivity contribution in [2.45, 2.75) is 30.3 Å². The van der Waals surface area contributed by atoms with E-state index in [1.807, 2.05) is 37.3 Å². The summed E-state index contributed by atoms with van der Waals surface area (Å²) in [5, 5.41) is 8.82. The zero-order valence-corrected chi connectivity index (χ0v) is 15.5. The van der Waals surface area contributed by atoms with Crippen LogP contribution in [0, 0.1) is 6.92 Å². The van der Waals surface area contributed by atoms with Gasteiger partial charge in [-0.05, 0) is 48.9 Å². The molecule has 0 amide bonds. The summed E-state index contributed by atoms with van der Waals surface area (Å²) in [5.74, 6) is 0.475. The number of anilines is 1. The Labute approximate surface area is 156 Å². The second kappa shape index (κ2) is 6.80. The molecule has 4 aromatic rings. The molecule has 0 aliphatic carbocycles. The highest BCUT2D eigenvalue weighted by molar-refractivity contribution is 7.99. The highest BCUT2D eigenvalue weighted by atomic mass is 32.2. The minimum atomic E-state index is 0.475. The van der Waals surface area contributed by atoms with Crippen LogP contribution >= 0.6 is 11.8 Å². The van der Waals surface area contributed by atoms with E-state index in [0.717, 1.165) is 39.2 Å². The number of nitrogens with zero attached hydrogens (tertiary/aromatic N) is 3. The van der Waals surface area contributed by atoms with Crippen molar-refractivity contribution in [1.29, 1.82) is 0 Å². The average molecular weight is 361 g/mol. The van der Waals surface area contributed by atoms with Gasteiger partial charge in [0.25, 0.3) is 0 Å². The average Bonchev–Trinajstić information content (AvgIpc) is 3.08. The number of rotatable bonds is 4. The number of hydrogen-bond donors (Lipinski definition) is 2. The molecule has 4 rings (SSSR count). The standard InChI is InChI=1S/C20H19N5S/c1-3-13-7-4-5-10-17(13)26-20-22-15-9-6-8-14(18(15)19(21)23-20)16-11-12(2)24-25-16/h4-11H,3H2,1-2H3,(H,24,25)(H2,21,22,23). The molecule has 0 atom stereocenters. The van der Waals surface area contributed by atoms with Crippen LogP contribution in [-0.2, 0) is 6.42 Å². The van der Waals surface area contributed by atoms with E-state index in [4.69, 9.17) is 10.7 Å². The summed E-state index contributed by atoms with van der Waals surface area (Å²) in [6.07, 6.45) is 0.967. The predicted molar refractivity (Wildman–Crippen MR) is 106 cm³/mol. The van der Waals surface area contributed by atoms with Gasteiger partial charge < -0.3 is 5.73 Å². The van der Waals surface area contributed by atoms with Crippen LogP contribution in [0.4, 0.5) is 5.82 Å². The maximum absolute atomic E-state index is 6.32. The molecule has 0 aliphatic rings. The van der Waals surface area contributed by atoms with Gasteiger partial charge in [0.2, 0.25) is 0 Å². The van der Waals surface area contributed by atoms with Crippen LogP contribution in [0.15, 0.2) is 58.6 Å².